The number of ether oxygens (including phenoxy) is 1. The van der Waals surface area contributed by atoms with E-state index in [-0.39, 0.29) is 18.0 Å². The molecule has 0 spiro atoms. The molecule has 0 fully saturated rings. The number of hydrazone groups is 1. The highest BCUT2D eigenvalue weighted by molar-refractivity contribution is 6.31. The minimum atomic E-state index is -0.494. The summed E-state index contributed by atoms with van der Waals surface area (Å²) in [4.78, 5) is 22.6. The molecule has 170 valence electrons. The van der Waals surface area contributed by atoms with Crippen LogP contribution in [-0.4, -0.2) is 27.2 Å². The number of nitrogens with one attached hydrogen (secondary N) is 2. The Morgan fingerprint density at radius 3 is 2.62 bits per heavy atom. The van der Waals surface area contributed by atoms with Crippen LogP contribution in [0.15, 0.2) is 84.0 Å². The number of hydrogen-bond donors (Lipinski definition) is 2. The lowest BCUT2D eigenvalue weighted by Gasteiger charge is -2.11. The Kier molecular flexibility index (Phi) is 6.95. The molecule has 1 aromatic heterocycles. The molecular formula is C24H18ClN5O4. The van der Waals surface area contributed by atoms with Crippen molar-refractivity contribution in [2.24, 2.45) is 5.10 Å². The minimum Gasteiger partial charge on any atom is -0.488 e. The summed E-state index contributed by atoms with van der Waals surface area (Å²) >= 11 is 6.21. The Hall–Kier alpha value is -4.50. The number of hydrogen-bond acceptors (Lipinski definition) is 6. The number of nitro groups is 1. The van der Waals surface area contributed by atoms with Gasteiger partial charge in [0.05, 0.1) is 16.8 Å². The number of carbonyl (C=O) groups excluding carboxylic acids is 1. The van der Waals surface area contributed by atoms with Gasteiger partial charge in [-0.05, 0) is 42.0 Å². The predicted molar refractivity (Wildman–Crippen MR) is 128 cm³/mol. The van der Waals surface area contributed by atoms with Crippen LogP contribution >= 0.6 is 11.6 Å². The summed E-state index contributed by atoms with van der Waals surface area (Å²) in [6.45, 7) is 0.284. The van der Waals surface area contributed by atoms with Crippen LogP contribution in [0.3, 0.4) is 0 Å². The second-order valence-corrected chi connectivity index (χ2v) is 7.50. The average Bonchev–Trinajstić information content (AvgIpc) is 3.34. The summed E-state index contributed by atoms with van der Waals surface area (Å²) in [7, 11) is 0. The molecule has 0 aliphatic carbocycles. The number of halogens is 1. The molecule has 9 nitrogen and oxygen atoms in total. The number of aromatic amines is 1. The molecule has 0 aliphatic rings. The third-order valence-electron chi connectivity index (χ3n) is 4.81. The quantitative estimate of drug-likeness (QED) is 0.211. The Morgan fingerprint density at radius 2 is 1.85 bits per heavy atom. The van der Waals surface area contributed by atoms with E-state index in [1.165, 1.54) is 30.5 Å². The number of para-hydroxylation sites is 1. The molecule has 10 heteroatoms. The van der Waals surface area contributed by atoms with Crippen LogP contribution in [0.5, 0.6) is 5.75 Å². The second kappa shape index (κ2) is 10.4. The van der Waals surface area contributed by atoms with Gasteiger partial charge in [-0.1, -0.05) is 41.9 Å². The van der Waals surface area contributed by atoms with Gasteiger partial charge in [-0.15, -0.1) is 0 Å². The molecule has 0 aliphatic heterocycles. The fourth-order valence-electron chi connectivity index (χ4n) is 3.06. The number of carbonyl (C=O) groups is 1. The molecule has 4 aromatic rings. The van der Waals surface area contributed by atoms with Gasteiger partial charge >= 0.3 is 0 Å². The number of benzene rings is 3. The largest absolute Gasteiger partial charge is 0.488 e. The molecule has 0 unspecified atom stereocenters. The Balaban J connectivity index is 1.42. The number of amides is 1. The lowest BCUT2D eigenvalue weighted by molar-refractivity contribution is -0.384. The highest BCUT2D eigenvalue weighted by Gasteiger charge is 2.14. The second-order valence-electron chi connectivity index (χ2n) is 7.09. The van der Waals surface area contributed by atoms with Crippen LogP contribution < -0.4 is 10.2 Å². The molecule has 0 atom stereocenters. The van der Waals surface area contributed by atoms with Crippen molar-refractivity contribution in [2.75, 3.05) is 0 Å². The van der Waals surface area contributed by atoms with E-state index in [0.717, 1.165) is 5.56 Å². The van der Waals surface area contributed by atoms with Gasteiger partial charge in [-0.3, -0.25) is 20.0 Å². The zero-order valence-corrected chi connectivity index (χ0v) is 18.4. The number of rotatable bonds is 8. The molecule has 34 heavy (non-hydrogen) atoms. The predicted octanol–water partition coefficient (Wildman–Crippen LogP) is 4.98. The normalized spacial score (nSPS) is 10.9. The molecule has 1 heterocycles. The van der Waals surface area contributed by atoms with E-state index in [2.05, 4.69) is 20.7 Å². The summed E-state index contributed by atoms with van der Waals surface area (Å²) in [6.07, 6.45) is 1.39. The first-order valence-corrected chi connectivity index (χ1v) is 10.5. The molecule has 1 amide bonds. The first kappa shape index (κ1) is 22.7. The molecule has 0 saturated carbocycles. The van der Waals surface area contributed by atoms with Gasteiger partial charge < -0.3 is 4.74 Å². The van der Waals surface area contributed by atoms with Crippen molar-refractivity contribution in [3.63, 3.8) is 0 Å². The fourth-order valence-corrected chi connectivity index (χ4v) is 3.25. The summed E-state index contributed by atoms with van der Waals surface area (Å²) in [5.41, 5.74) is 5.26. The topological polar surface area (TPSA) is 123 Å². The van der Waals surface area contributed by atoms with E-state index in [1.54, 1.807) is 12.1 Å². The number of aromatic nitrogens is 2. The molecule has 0 bridgehead atoms. The standard InChI is InChI=1S/C24H18ClN5O4/c25-20-7-3-1-5-17(20)15-34-23-8-4-2-6-19(23)21-13-22(28-27-21)24(31)29-26-14-16-9-11-18(12-10-16)30(32)33/h1-14H,15H2,(H,27,28)(H,29,31). The zero-order chi connectivity index (χ0) is 23.9. The summed E-state index contributed by atoms with van der Waals surface area (Å²) < 4.78 is 5.96. The van der Waals surface area contributed by atoms with Crippen molar-refractivity contribution >= 4 is 29.4 Å². The number of non-ortho nitro benzene ring substituents is 1. The van der Waals surface area contributed by atoms with Crippen molar-refractivity contribution in [3.8, 4) is 17.0 Å². The SMILES string of the molecule is O=C(NN=Cc1ccc([N+](=O)[O-])cc1)c1cc(-c2ccccc2OCc2ccccc2Cl)n[nH]1. The summed E-state index contributed by atoms with van der Waals surface area (Å²) in [5.74, 6) is 0.100. The first-order chi connectivity index (χ1) is 16.5. The van der Waals surface area contributed by atoms with E-state index in [4.69, 9.17) is 16.3 Å². The maximum absolute atomic E-state index is 12.4. The monoisotopic (exact) mass is 475 g/mol. The van der Waals surface area contributed by atoms with E-state index in [0.29, 0.717) is 27.6 Å². The summed E-state index contributed by atoms with van der Waals surface area (Å²) in [6, 6.07) is 22.1. The lowest BCUT2D eigenvalue weighted by Crippen LogP contribution is -2.18. The number of H-pyrrole nitrogens is 1. The third-order valence-corrected chi connectivity index (χ3v) is 5.18. The van der Waals surface area contributed by atoms with Gasteiger partial charge in [-0.2, -0.15) is 10.2 Å². The number of nitrogens with zero attached hydrogens (tertiary/aromatic N) is 3. The molecule has 3 aromatic carbocycles. The molecule has 2 N–H and O–H groups in total. The molecule has 0 radical (unpaired) electrons. The molecule has 4 rings (SSSR count). The van der Waals surface area contributed by atoms with Crippen molar-refractivity contribution in [1.29, 1.82) is 0 Å². The van der Waals surface area contributed by atoms with Crippen molar-refractivity contribution < 1.29 is 14.5 Å². The van der Waals surface area contributed by atoms with Gasteiger partial charge in [0.25, 0.3) is 11.6 Å². The highest BCUT2D eigenvalue weighted by atomic mass is 35.5. The van der Waals surface area contributed by atoms with Gasteiger partial charge in [0.2, 0.25) is 0 Å². The van der Waals surface area contributed by atoms with Gasteiger partial charge in [0.15, 0.2) is 0 Å². The highest BCUT2D eigenvalue weighted by Crippen LogP contribution is 2.30. The van der Waals surface area contributed by atoms with E-state index in [9.17, 15) is 14.9 Å². The van der Waals surface area contributed by atoms with Crippen LogP contribution in [-0.2, 0) is 6.61 Å². The average molecular weight is 476 g/mol. The van der Waals surface area contributed by atoms with Gasteiger partial charge in [-0.25, -0.2) is 5.43 Å². The fraction of sp³-hybridized carbons (Fsp3) is 0.0417. The number of nitro benzene ring substituents is 1. The van der Waals surface area contributed by atoms with Crippen LogP contribution in [0.1, 0.15) is 21.6 Å². The lowest BCUT2D eigenvalue weighted by atomic mass is 10.1. The van der Waals surface area contributed by atoms with Crippen molar-refractivity contribution in [1.82, 2.24) is 15.6 Å². The van der Waals surface area contributed by atoms with Gasteiger partial charge in [0, 0.05) is 28.3 Å². The maximum atomic E-state index is 12.4. The van der Waals surface area contributed by atoms with Crippen molar-refractivity contribution in [2.45, 2.75) is 6.61 Å². The van der Waals surface area contributed by atoms with E-state index < -0.39 is 10.8 Å². The molecule has 0 saturated heterocycles. The maximum Gasteiger partial charge on any atom is 0.289 e. The van der Waals surface area contributed by atoms with Crippen LogP contribution in [0, 0.1) is 10.1 Å². The Bertz CT molecular complexity index is 1350. The Morgan fingerprint density at radius 1 is 1.12 bits per heavy atom. The minimum absolute atomic E-state index is 0.0256. The van der Waals surface area contributed by atoms with Crippen LogP contribution in [0.2, 0.25) is 5.02 Å². The van der Waals surface area contributed by atoms with Crippen molar-refractivity contribution in [3.05, 3.63) is 111 Å². The molecular weight excluding hydrogens is 458 g/mol. The first-order valence-electron chi connectivity index (χ1n) is 10.1. The van der Waals surface area contributed by atoms with Gasteiger partial charge in [0.1, 0.15) is 18.1 Å². The van der Waals surface area contributed by atoms with E-state index in [1.807, 2.05) is 42.5 Å². The summed E-state index contributed by atoms with van der Waals surface area (Å²) in [5, 5.41) is 22.1. The smallest absolute Gasteiger partial charge is 0.289 e. The van der Waals surface area contributed by atoms with Crippen LogP contribution in [0.25, 0.3) is 11.3 Å². The van der Waals surface area contributed by atoms with Crippen LogP contribution in [0.4, 0.5) is 5.69 Å². The van der Waals surface area contributed by atoms with E-state index >= 15 is 0 Å². The Labute approximate surface area is 199 Å². The third kappa shape index (κ3) is 5.45. The zero-order valence-electron chi connectivity index (χ0n) is 17.6.